The maximum absolute atomic E-state index is 13.8. The summed E-state index contributed by atoms with van der Waals surface area (Å²) in [5.74, 6) is -2.01. The van der Waals surface area contributed by atoms with Crippen LogP contribution in [0.3, 0.4) is 0 Å². The third kappa shape index (κ3) is 2.60. The number of fused-ring (bicyclic) bond motifs is 2. The van der Waals surface area contributed by atoms with Gasteiger partial charge in [-0.25, -0.2) is 5.06 Å². The number of carbonyl (C=O) groups excluding carboxylic acids is 2. The number of nitrogens with one attached hydrogen (secondary N) is 1. The first-order chi connectivity index (χ1) is 14.7. The van der Waals surface area contributed by atoms with E-state index in [1.54, 1.807) is 0 Å². The Bertz CT molecular complexity index is 1000. The van der Waals surface area contributed by atoms with E-state index in [2.05, 4.69) is 45.8 Å². The molecule has 3 aliphatic rings. The summed E-state index contributed by atoms with van der Waals surface area (Å²) in [6, 6.07) is 7.56. The topological polar surface area (TPSA) is 82.1 Å². The van der Waals surface area contributed by atoms with E-state index in [0.717, 1.165) is 10.6 Å². The van der Waals surface area contributed by atoms with Gasteiger partial charge in [0.1, 0.15) is 12.6 Å². The van der Waals surface area contributed by atoms with Crippen LogP contribution in [0.1, 0.15) is 46.6 Å². The van der Waals surface area contributed by atoms with Crippen LogP contribution in [0.25, 0.3) is 0 Å². The van der Waals surface area contributed by atoms with Crippen LogP contribution in [0.4, 0.5) is 5.69 Å². The zero-order chi connectivity index (χ0) is 23.9. The molecule has 4 rings (SSSR count). The molecule has 2 fully saturated rings. The minimum atomic E-state index is -2.31. The van der Waals surface area contributed by atoms with Gasteiger partial charge < -0.3 is 9.74 Å². The van der Waals surface area contributed by atoms with Crippen LogP contribution in [0.15, 0.2) is 36.9 Å². The molecule has 1 aromatic rings. The fraction of sp³-hybridized carbons (Fsp3) is 0.583. The van der Waals surface area contributed by atoms with Crippen molar-refractivity contribution in [2.45, 2.75) is 76.5 Å². The van der Waals surface area contributed by atoms with Crippen LogP contribution in [0, 0.1) is 5.41 Å². The molecule has 7 nitrogen and oxygen atoms in total. The Labute approximate surface area is 191 Å². The highest BCUT2D eigenvalue weighted by Crippen LogP contribution is 2.65. The highest BCUT2D eigenvalue weighted by atomic mass is 28.4. The SMILES string of the molecule is C=CC(C)(C)[C@@]12C[C@@H](O[Si](C)(C)C(C)(C)C)C(=O)N3CC(=O)N[C@]31N(O)c1ccccc12. The van der Waals surface area contributed by atoms with Gasteiger partial charge in [0.2, 0.25) is 11.7 Å². The molecule has 3 atom stereocenters. The number of nitrogens with zero attached hydrogens (tertiary/aromatic N) is 2. The number of amides is 2. The van der Waals surface area contributed by atoms with Crippen molar-refractivity contribution >= 4 is 25.8 Å². The van der Waals surface area contributed by atoms with Crippen LogP contribution in [0.5, 0.6) is 0 Å². The van der Waals surface area contributed by atoms with Crippen molar-refractivity contribution in [1.82, 2.24) is 10.2 Å². The number of allylic oxidation sites excluding steroid dienone is 1. The van der Waals surface area contributed by atoms with Crippen molar-refractivity contribution in [1.29, 1.82) is 0 Å². The Balaban J connectivity index is 1.99. The summed E-state index contributed by atoms with van der Waals surface area (Å²) < 4.78 is 6.69. The molecule has 174 valence electrons. The summed E-state index contributed by atoms with van der Waals surface area (Å²) in [6.45, 7) is 18.7. The first kappa shape index (κ1) is 23.0. The molecule has 0 unspecified atom stereocenters. The van der Waals surface area contributed by atoms with Gasteiger partial charge in [-0.1, -0.05) is 58.9 Å². The second-order valence-electron chi connectivity index (χ2n) is 11.4. The minimum Gasteiger partial charge on any atom is -0.405 e. The quantitative estimate of drug-likeness (QED) is 0.532. The number of anilines is 1. The van der Waals surface area contributed by atoms with E-state index in [9.17, 15) is 14.8 Å². The Morgan fingerprint density at radius 2 is 1.84 bits per heavy atom. The van der Waals surface area contributed by atoms with Gasteiger partial charge in [-0.2, -0.15) is 0 Å². The van der Waals surface area contributed by atoms with Crippen LogP contribution < -0.4 is 10.4 Å². The van der Waals surface area contributed by atoms with Crippen molar-refractivity contribution in [2.24, 2.45) is 5.41 Å². The first-order valence-corrected chi connectivity index (χ1v) is 14.1. The standard InChI is InChI=1S/C24H35N3O4Si/c1-9-22(5,6)23-14-18(31-32(7,8)21(2,3)4)20(29)26-15-19(28)25-24(23,26)27(30)17-13-11-10-12-16(17)23/h9-13,18,30H,1,14-15H2,2-8H3,(H,25,28)/t18-,23+,24+/m1/s1. The summed E-state index contributed by atoms with van der Waals surface area (Å²) in [5.41, 5.74) is -0.0295. The van der Waals surface area contributed by atoms with E-state index >= 15 is 0 Å². The predicted molar refractivity (Wildman–Crippen MR) is 126 cm³/mol. The highest BCUT2D eigenvalue weighted by molar-refractivity contribution is 6.74. The molecule has 0 aromatic heterocycles. The molecule has 8 heteroatoms. The predicted octanol–water partition coefficient (Wildman–Crippen LogP) is 3.75. The number of hydrogen-bond donors (Lipinski definition) is 2. The lowest BCUT2D eigenvalue weighted by Crippen LogP contribution is -2.79. The van der Waals surface area contributed by atoms with Gasteiger partial charge in [0.25, 0.3) is 5.91 Å². The number of hydroxylamine groups is 1. The first-order valence-electron chi connectivity index (χ1n) is 11.2. The lowest BCUT2D eigenvalue weighted by atomic mass is 9.55. The van der Waals surface area contributed by atoms with E-state index in [4.69, 9.17) is 4.43 Å². The average Bonchev–Trinajstić information content (AvgIpc) is 3.16. The fourth-order valence-electron chi connectivity index (χ4n) is 5.51. The van der Waals surface area contributed by atoms with E-state index in [1.165, 1.54) is 4.90 Å². The van der Waals surface area contributed by atoms with E-state index < -0.39 is 31.0 Å². The molecule has 0 radical (unpaired) electrons. The minimum absolute atomic E-state index is 0.0847. The van der Waals surface area contributed by atoms with Crippen LogP contribution in [-0.2, 0) is 19.4 Å². The van der Waals surface area contributed by atoms with Gasteiger partial charge in [-0.3, -0.25) is 19.7 Å². The van der Waals surface area contributed by atoms with Crippen molar-refractivity contribution in [3.63, 3.8) is 0 Å². The maximum Gasteiger partial charge on any atom is 0.254 e. The number of piperidine rings is 1. The molecule has 1 spiro atoms. The van der Waals surface area contributed by atoms with Crippen LogP contribution in [-0.4, -0.2) is 48.7 Å². The normalized spacial score (nSPS) is 30.1. The number of hydrogen-bond acceptors (Lipinski definition) is 5. The summed E-state index contributed by atoms with van der Waals surface area (Å²) >= 11 is 0. The lowest BCUT2D eigenvalue weighted by Gasteiger charge is -2.60. The molecular weight excluding hydrogens is 422 g/mol. The molecule has 0 bridgehead atoms. The number of benzene rings is 1. The van der Waals surface area contributed by atoms with Gasteiger partial charge in [0.15, 0.2) is 8.32 Å². The molecule has 0 aliphatic carbocycles. The van der Waals surface area contributed by atoms with Crippen molar-refractivity contribution < 1.29 is 19.2 Å². The van der Waals surface area contributed by atoms with E-state index in [0.29, 0.717) is 12.1 Å². The average molecular weight is 458 g/mol. The molecule has 32 heavy (non-hydrogen) atoms. The fourth-order valence-corrected chi connectivity index (χ4v) is 6.76. The van der Waals surface area contributed by atoms with Gasteiger partial charge >= 0.3 is 0 Å². The van der Waals surface area contributed by atoms with Crippen molar-refractivity contribution in [3.05, 3.63) is 42.5 Å². The third-order valence-electron chi connectivity index (χ3n) is 8.39. The Morgan fingerprint density at radius 3 is 2.44 bits per heavy atom. The zero-order valence-corrected chi connectivity index (χ0v) is 21.2. The van der Waals surface area contributed by atoms with Crippen molar-refractivity contribution in [2.75, 3.05) is 11.6 Å². The molecule has 3 aliphatic heterocycles. The van der Waals surface area contributed by atoms with Gasteiger partial charge in [-0.05, 0) is 41.6 Å². The second kappa shape index (κ2) is 6.68. The molecule has 1 aromatic carbocycles. The Kier molecular flexibility index (Phi) is 4.80. The largest absolute Gasteiger partial charge is 0.405 e. The number of carbonyl (C=O) groups is 2. The Hall–Kier alpha value is -2.16. The van der Waals surface area contributed by atoms with Crippen molar-refractivity contribution in [3.8, 4) is 0 Å². The summed E-state index contributed by atoms with van der Waals surface area (Å²) in [6.07, 6.45) is 1.45. The maximum atomic E-state index is 13.8. The summed E-state index contributed by atoms with van der Waals surface area (Å²) in [5, 5.41) is 15.5. The van der Waals surface area contributed by atoms with E-state index in [-0.39, 0.29) is 23.4 Å². The molecule has 3 heterocycles. The molecule has 2 saturated heterocycles. The molecule has 2 N–H and O–H groups in total. The van der Waals surface area contributed by atoms with Gasteiger partial charge in [-0.15, -0.1) is 6.58 Å². The summed E-state index contributed by atoms with van der Waals surface area (Å²) in [4.78, 5) is 28.1. The zero-order valence-electron chi connectivity index (χ0n) is 20.2. The second-order valence-corrected chi connectivity index (χ2v) is 16.1. The number of rotatable bonds is 4. The Morgan fingerprint density at radius 1 is 1.22 bits per heavy atom. The number of para-hydroxylation sites is 1. The van der Waals surface area contributed by atoms with E-state index in [1.807, 2.05) is 44.2 Å². The third-order valence-corrected chi connectivity index (χ3v) is 12.9. The van der Waals surface area contributed by atoms with Gasteiger partial charge in [0, 0.05) is 0 Å². The highest BCUT2D eigenvalue weighted by Gasteiger charge is 2.77. The smallest absolute Gasteiger partial charge is 0.254 e. The molecule has 0 saturated carbocycles. The van der Waals surface area contributed by atoms with Gasteiger partial charge in [0.05, 0.1) is 11.1 Å². The van der Waals surface area contributed by atoms with Crippen LogP contribution in [0.2, 0.25) is 18.1 Å². The van der Waals surface area contributed by atoms with Crippen LogP contribution >= 0.6 is 0 Å². The summed E-state index contributed by atoms with van der Waals surface area (Å²) in [7, 11) is -2.31. The molecule has 2 amide bonds. The molecular formula is C24H35N3O4Si. The monoisotopic (exact) mass is 457 g/mol. The lowest BCUT2D eigenvalue weighted by molar-refractivity contribution is -0.171.